The van der Waals surface area contributed by atoms with E-state index in [0.717, 1.165) is 24.4 Å². The molecule has 0 bridgehead atoms. The molecule has 2 N–H and O–H groups in total. The van der Waals surface area contributed by atoms with Crippen LogP contribution in [0.5, 0.6) is 5.75 Å². The highest BCUT2D eigenvalue weighted by atomic mass is 127. The van der Waals surface area contributed by atoms with E-state index in [4.69, 9.17) is 10.5 Å². The third-order valence-electron chi connectivity index (χ3n) is 2.83. The molecule has 1 aromatic heterocycles. The Kier molecular flexibility index (Phi) is 5.68. The molecule has 2 unspecified atom stereocenters. The van der Waals surface area contributed by atoms with Crippen molar-refractivity contribution in [1.82, 2.24) is 0 Å². The molecule has 0 aliphatic heterocycles. The third-order valence-corrected chi connectivity index (χ3v) is 5.40. The van der Waals surface area contributed by atoms with E-state index < -0.39 is 0 Å². The van der Waals surface area contributed by atoms with Crippen molar-refractivity contribution in [1.29, 1.82) is 0 Å². The van der Waals surface area contributed by atoms with Crippen LogP contribution in [0.3, 0.4) is 0 Å². The first-order valence-electron chi connectivity index (χ1n) is 6.03. The maximum Gasteiger partial charge on any atom is 0.148 e. The largest absolute Gasteiger partial charge is 0.482 e. The summed E-state index contributed by atoms with van der Waals surface area (Å²) < 4.78 is 8.35. The van der Waals surface area contributed by atoms with Gasteiger partial charge in [0.1, 0.15) is 11.9 Å². The summed E-state index contributed by atoms with van der Waals surface area (Å²) in [4.78, 5) is 1.15. The number of ether oxygens (including phenoxy) is 1. The molecule has 1 aromatic carbocycles. The van der Waals surface area contributed by atoms with Gasteiger partial charge in [-0.15, -0.1) is 11.3 Å². The van der Waals surface area contributed by atoms with Crippen molar-refractivity contribution in [3.05, 3.63) is 48.6 Å². The fourth-order valence-electron chi connectivity index (χ4n) is 1.73. The predicted octanol–water partition coefficient (Wildman–Crippen LogP) is 4.97. The summed E-state index contributed by atoms with van der Waals surface area (Å²) in [6.45, 7) is 2.08. The topological polar surface area (TPSA) is 35.2 Å². The van der Waals surface area contributed by atoms with Crippen LogP contribution >= 0.6 is 49.9 Å². The van der Waals surface area contributed by atoms with Crippen LogP contribution in [-0.4, -0.2) is 6.04 Å². The molecule has 2 atom stereocenters. The zero-order chi connectivity index (χ0) is 13.8. The van der Waals surface area contributed by atoms with Gasteiger partial charge in [-0.05, 0) is 69.2 Å². The lowest BCUT2D eigenvalue weighted by Crippen LogP contribution is -2.31. The number of hydrogen-bond donors (Lipinski definition) is 1. The Morgan fingerprint density at radius 2 is 2.05 bits per heavy atom. The molecule has 0 saturated heterocycles. The number of nitrogens with two attached hydrogens (primary N) is 1. The van der Waals surface area contributed by atoms with Gasteiger partial charge in [-0.2, -0.15) is 0 Å². The molecular formula is C14H15BrINOS. The lowest BCUT2D eigenvalue weighted by atomic mass is 10.1. The van der Waals surface area contributed by atoms with E-state index in [2.05, 4.69) is 51.5 Å². The molecule has 0 radical (unpaired) electrons. The summed E-state index contributed by atoms with van der Waals surface area (Å²) in [7, 11) is 0. The molecule has 1 heterocycles. The molecule has 0 amide bonds. The number of halogens is 2. The minimum atomic E-state index is -0.0998. The van der Waals surface area contributed by atoms with Gasteiger partial charge < -0.3 is 10.5 Å². The summed E-state index contributed by atoms with van der Waals surface area (Å²) in [5, 5.41) is 0. The van der Waals surface area contributed by atoms with Crippen LogP contribution in [0.1, 0.15) is 24.3 Å². The zero-order valence-electron chi connectivity index (χ0n) is 10.5. The highest BCUT2D eigenvalue weighted by Gasteiger charge is 2.23. The summed E-state index contributed by atoms with van der Waals surface area (Å²) in [5.41, 5.74) is 6.22. The van der Waals surface area contributed by atoms with Gasteiger partial charge in [0.25, 0.3) is 0 Å². The molecule has 5 heteroatoms. The molecule has 2 rings (SSSR count). The Balaban J connectivity index is 2.27. The Labute approximate surface area is 139 Å². The van der Waals surface area contributed by atoms with E-state index in [1.54, 1.807) is 11.3 Å². The SMILES string of the molecule is CCC(N)C(Oc1ccccc1I)c1ccc(Br)s1. The molecular weight excluding hydrogens is 437 g/mol. The summed E-state index contributed by atoms with van der Waals surface area (Å²) in [5.74, 6) is 0.890. The van der Waals surface area contributed by atoms with Gasteiger partial charge in [-0.1, -0.05) is 19.1 Å². The minimum Gasteiger partial charge on any atom is -0.482 e. The van der Waals surface area contributed by atoms with Crippen molar-refractivity contribution < 1.29 is 4.74 Å². The number of hydrogen-bond acceptors (Lipinski definition) is 3. The maximum absolute atomic E-state index is 6.22. The van der Waals surface area contributed by atoms with Crippen LogP contribution in [0.4, 0.5) is 0 Å². The van der Waals surface area contributed by atoms with E-state index in [0.29, 0.717) is 0 Å². The second-order valence-corrected chi connectivity index (χ2v) is 7.84. The van der Waals surface area contributed by atoms with Crippen LogP contribution in [0.15, 0.2) is 40.2 Å². The van der Waals surface area contributed by atoms with Crippen LogP contribution in [0.2, 0.25) is 0 Å². The Morgan fingerprint density at radius 3 is 2.63 bits per heavy atom. The van der Waals surface area contributed by atoms with E-state index in [-0.39, 0.29) is 12.1 Å². The second-order valence-electron chi connectivity index (χ2n) is 4.18. The molecule has 0 aliphatic rings. The van der Waals surface area contributed by atoms with Gasteiger partial charge in [0.05, 0.1) is 7.36 Å². The van der Waals surface area contributed by atoms with E-state index in [1.165, 1.54) is 0 Å². The average Bonchev–Trinajstić information content (AvgIpc) is 2.83. The first-order chi connectivity index (χ1) is 9.11. The molecule has 2 aromatic rings. The lowest BCUT2D eigenvalue weighted by Gasteiger charge is -2.24. The lowest BCUT2D eigenvalue weighted by molar-refractivity contribution is 0.173. The van der Waals surface area contributed by atoms with Crippen molar-refractivity contribution in [3.8, 4) is 5.75 Å². The molecule has 0 saturated carbocycles. The molecule has 0 aliphatic carbocycles. The summed E-state index contributed by atoms with van der Waals surface area (Å²) >= 11 is 7.45. The number of benzene rings is 1. The van der Waals surface area contributed by atoms with Gasteiger partial charge in [-0.25, -0.2) is 0 Å². The summed E-state index contributed by atoms with van der Waals surface area (Å²) in [6.07, 6.45) is 0.779. The quantitative estimate of drug-likeness (QED) is 0.651. The van der Waals surface area contributed by atoms with E-state index in [1.807, 2.05) is 30.3 Å². The normalized spacial score (nSPS) is 14.1. The van der Waals surface area contributed by atoms with Crippen LogP contribution < -0.4 is 10.5 Å². The van der Waals surface area contributed by atoms with Crippen LogP contribution in [0, 0.1) is 3.57 Å². The minimum absolute atomic E-state index is 0.0124. The van der Waals surface area contributed by atoms with Crippen molar-refractivity contribution in [2.75, 3.05) is 0 Å². The van der Waals surface area contributed by atoms with E-state index in [9.17, 15) is 0 Å². The van der Waals surface area contributed by atoms with Crippen LogP contribution in [0.25, 0.3) is 0 Å². The van der Waals surface area contributed by atoms with Crippen molar-refractivity contribution in [2.24, 2.45) is 5.73 Å². The van der Waals surface area contributed by atoms with Gasteiger partial charge in [0, 0.05) is 10.9 Å². The highest BCUT2D eigenvalue weighted by Crippen LogP contribution is 2.34. The molecule has 102 valence electrons. The predicted molar refractivity (Wildman–Crippen MR) is 92.8 cm³/mol. The van der Waals surface area contributed by atoms with Crippen LogP contribution in [-0.2, 0) is 0 Å². The molecule has 0 spiro atoms. The second kappa shape index (κ2) is 7.06. The van der Waals surface area contributed by atoms with Gasteiger partial charge in [0.15, 0.2) is 0 Å². The third kappa shape index (κ3) is 3.93. The number of rotatable bonds is 5. The van der Waals surface area contributed by atoms with Gasteiger partial charge in [-0.3, -0.25) is 0 Å². The summed E-state index contributed by atoms with van der Waals surface area (Å²) in [6, 6.07) is 12.1. The van der Waals surface area contributed by atoms with E-state index >= 15 is 0 Å². The van der Waals surface area contributed by atoms with Crippen molar-refractivity contribution in [3.63, 3.8) is 0 Å². The van der Waals surface area contributed by atoms with Crippen molar-refractivity contribution >= 4 is 49.9 Å². The maximum atomic E-state index is 6.22. The van der Waals surface area contributed by atoms with Gasteiger partial charge >= 0.3 is 0 Å². The molecule has 19 heavy (non-hydrogen) atoms. The first-order valence-corrected chi connectivity index (χ1v) is 8.72. The molecule has 0 fully saturated rings. The smallest absolute Gasteiger partial charge is 0.148 e. The number of para-hydroxylation sites is 1. The van der Waals surface area contributed by atoms with Gasteiger partial charge in [0.2, 0.25) is 0 Å². The fraction of sp³-hybridized carbons (Fsp3) is 0.286. The highest BCUT2D eigenvalue weighted by molar-refractivity contribution is 14.1. The average molecular weight is 452 g/mol. The first kappa shape index (κ1) is 15.3. The number of thiophene rings is 1. The molecule has 2 nitrogen and oxygen atoms in total. The Hall–Kier alpha value is -0.110. The fourth-order valence-corrected chi connectivity index (χ4v) is 3.77. The standard InChI is InChI=1S/C14H15BrINOS/c1-2-10(17)14(12-7-8-13(15)19-12)18-11-6-4-3-5-9(11)16/h3-8,10,14H,2,17H2,1H3. The Bertz CT molecular complexity index is 546. The Morgan fingerprint density at radius 1 is 1.32 bits per heavy atom. The van der Waals surface area contributed by atoms with Crippen molar-refractivity contribution in [2.45, 2.75) is 25.5 Å². The zero-order valence-corrected chi connectivity index (χ0v) is 15.0. The monoisotopic (exact) mass is 451 g/mol.